The van der Waals surface area contributed by atoms with E-state index >= 15 is 0 Å². The van der Waals surface area contributed by atoms with Gasteiger partial charge in [-0.2, -0.15) is 0 Å². The van der Waals surface area contributed by atoms with Crippen molar-refractivity contribution in [2.24, 2.45) is 5.92 Å². The molecule has 0 aliphatic carbocycles. The van der Waals surface area contributed by atoms with Crippen LogP contribution in [0.1, 0.15) is 34.3 Å². The Kier molecular flexibility index (Phi) is 6.68. The van der Waals surface area contributed by atoms with Crippen molar-refractivity contribution in [1.82, 2.24) is 4.90 Å². The molecule has 1 saturated heterocycles. The molecule has 1 amide bonds. The first-order chi connectivity index (χ1) is 14.3. The molecule has 4 rings (SSSR count). The molecule has 0 atom stereocenters. The Hall–Kier alpha value is -2.52. The fraction of sp³-hybridized carbons (Fsp3) is 0.269. The molecule has 1 aliphatic heterocycles. The zero-order valence-corrected chi connectivity index (χ0v) is 17.5. The van der Waals surface area contributed by atoms with Gasteiger partial charge in [0.05, 0.1) is 0 Å². The van der Waals surface area contributed by atoms with E-state index in [0.717, 1.165) is 43.7 Å². The summed E-state index contributed by atoms with van der Waals surface area (Å²) in [5, 5.41) is 0. The number of rotatable bonds is 6. The van der Waals surface area contributed by atoms with Gasteiger partial charge < -0.3 is 4.90 Å². The number of hydrogen-bond donors (Lipinski definition) is 0. The van der Waals surface area contributed by atoms with Crippen molar-refractivity contribution >= 4 is 17.7 Å². The summed E-state index contributed by atoms with van der Waals surface area (Å²) < 4.78 is 0. The Morgan fingerprint density at radius 1 is 0.793 bits per heavy atom. The lowest BCUT2D eigenvalue weighted by molar-refractivity contribution is 0.0690. The lowest BCUT2D eigenvalue weighted by atomic mass is 9.90. The first-order valence-electron chi connectivity index (χ1n) is 10.4. The topological polar surface area (TPSA) is 20.3 Å². The average Bonchev–Trinajstić information content (AvgIpc) is 2.79. The number of nitrogens with zero attached hydrogens (tertiary/aromatic N) is 1. The molecule has 2 nitrogen and oxygen atoms in total. The average molecular weight is 402 g/mol. The van der Waals surface area contributed by atoms with Crippen LogP contribution in [0.25, 0.3) is 0 Å². The Balaban J connectivity index is 1.27. The third-order valence-electron chi connectivity index (χ3n) is 5.62. The van der Waals surface area contributed by atoms with Crippen LogP contribution in [0, 0.1) is 5.92 Å². The third kappa shape index (κ3) is 5.51. The molecule has 1 aliphatic rings. The minimum Gasteiger partial charge on any atom is -0.339 e. The predicted molar refractivity (Wildman–Crippen MR) is 121 cm³/mol. The van der Waals surface area contributed by atoms with Crippen LogP contribution in [0.4, 0.5) is 0 Å². The summed E-state index contributed by atoms with van der Waals surface area (Å²) in [6.45, 7) is 1.73. The molecular weight excluding hydrogens is 374 g/mol. The van der Waals surface area contributed by atoms with Crippen LogP contribution in [-0.4, -0.2) is 23.9 Å². The Labute approximate surface area is 178 Å². The van der Waals surface area contributed by atoms with Crippen LogP contribution in [0.2, 0.25) is 0 Å². The van der Waals surface area contributed by atoms with E-state index in [1.165, 1.54) is 16.0 Å². The van der Waals surface area contributed by atoms with Gasteiger partial charge in [-0.15, -0.1) is 11.8 Å². The van der Waals surface area contributed by atoms with Crippen LogP contribution in [-0.2, 0) is 12.2 Å². The molecule has 0 bridgehead atoms. The number of amides is 1. The molecule has 0 N–H and O–H groups in total. The van der Waals surface area contributed by atoms with Crippen LogP contribution in [0.5, 0.6) is 0 Å². The van der Waals surface area contributed by atoms with Gasteiger partial charge in [0.1, 0.15) is 0 Å². The maximum Gasteiger partial charge on any atom is 0.253 e. The Bertz CT molecular complexity index is 900. The number of piperidine rings is 1. The highest BCUT2D eigenvalue weighted by Crippen LogP contribution is 2.24. The summed E-state index contributed by atoms with van der Waals surface area (Å²) in [5.74, 6) is 1.77. The van der Waals surface area contributed by atoms with Crippen molar-refractivity contribution in [1.29, 1.82) is 0 Å². The number of likely N-dealkylation sites (tertiary alicyclic amines) is 1. The SMILES string of the molecule is O=C(c1ccc(CSc2ccccc2)cc1)N1CCC(Cc2ccccc2)CC1. The minimum absolute atomic E-state index is 0.172. The second kappa shape index (κ2) is 9.80. The summed E-state index contributed by atoms with van der Waals surface area (Å²) in [7, 11) is 0. The molecular formula is C26H27NOS. The summed E-state index contributed by atoms with van der Waals surface area (Å²) in [6.07, 6.45) is 3.30. The lowest BCUT2D eigenvalue weighted by Crippen LogP contribution is -2.38. The molecule has 0 unspecified atom stereocenters. The van der Waals surface area contributed by atoms with Gasteiger partial charge in [0.2, 0.25) is 0 Å². The van der Waals surface area contributed by atoms with Crippen molar-refractivity contribution in [3.63, 3.8) is 0 Å². The molecule has 148 valence electrons. The van der Waals surface area contributed by atoms with E-state index in [9.17, 15) is 4.79 Å². The van der Waals surface area contributed by atoms with Crippen molar-refractivity contribution in [2.75, 3.05) is 13.1 Å². The minimum atomic E-state index is 0.172. The van der Waals surface area contributed by atoms with Crippen LogP contribution in [0.3, 0.4) is 0 Å². The van der Waals surface area contributed by atoms with Crippen molar-refractivity contribution < 1.29 is 4.79 Å². The standard InChI is InChI=1S/C26H27NOS/c28-26(27-17-15-22(16-18-27)19-21-7-3-1-4-8-21)24-13-11-23(12-14-24)20-29-25-9-5-2-6-10-25/h1-14,22H,15-20H2. The van der Waals surface area contributed by atoms with Gasteiger partial charge >= 0.3 is 0 Å². The van der Waals surface area contributed by atoms with E-state index in [1.54, 1.807) is 0 Å². The molecule has 1 fully saturated rings. The van der Waals surface area contributed by atoms with Gasteiger partial charge in [0.25, 0.3) is 5.91 Å². The molecule has 0 saturated carbocycles. The van der Waals surface area contributed by atoms with E-state index in [4.69, 9.17) is 0 Å². The highest BCUT2D eigenvalue weighted by atomic mass is 32.2. The van der Waals surface area contributed by atoms with E-state index in [-0.39, 0.29) is 5.91 Å². The number of carbonyl (C=O) groups is 1. The second-order valence-electron chi connectivity index (χ2n) is 7.72. The highest BCUT2D eigenvalue weighted by Gasteiger charge is 2.23. The van der Waals surface area contributed by atoms with E-state index in [0.29, 0.717) is 5.92 Å². The monoisotopic (exact) mass is 401 g/mol. The van der Waals surface area contributed by atoms with Crippen LogP contribution >= 0.6 is 11.8 Å². The number of carbonyl (C=O) groups excluding carboxylic acids is 1. The predicted octanol–water partition coefficient (Wildman–Crippen LogP) is 6.07. The van der Waals surface area contributed by atoms with Crippen molar-refractivity contribution in [2.45, 2.75) is 29.9 Å². The van der Waals surface area contributed by atoms with Crippen LogP contribution < -0.4 is 0 Å². The second-order valence-corrected chi connectivity index (χ2v) is 8.77. The molecule has 0 spiro atoms. The molecule has 0 radical (unpaired) electrons. The summed E-state index contributed by atoms with van der Waals surface area (Å²) in [5.41, 5.74) is 3.46. The zero-order chi connectivity index (χ0) is 19.9. The van der Waals surface area contributed by atoms with E-state index < -0.39 is 0 Å². The zero-order valence-electron chi connectivity index (χ0n) is 16.7. The lowest BCUT2D eigenvalue weighted by Gasteiger charge is -2.32. The van der Waals surface area contributed by atoms with Gasteiger partial charge in [-0.3, -0.25) is 4.79 Å². The largest absolute Gasteiger partial charge is 0.339 e. The third-order valence-corrected chi connectivity index (χ3v) is 6.70. The number of benzene rings is 3. The quantitative estimate of drug-likeness (QED) is 0.467. The van der Waals surface area contributed by atoms with E-state index in [1.807, 2.05) is 34.9 Å². The molecule has 3 aromatic rings. The summed E-state index contributed by atoms with van der Waals surface area (Å²) >= 11 is 1.82. The van der Waals surface area contributed by atoms with Crippen molar-refractivity contribution in [3.8, 4) is 0 Å². The van der Waals surface area contributed by atoms with E-state index in [2.05, 4.69) is 66.7 Å². The first kappa shape index (κ1) is 19.8. The summed E-state index contributed by atoms with van der Waals surface area (Å²) in [4.78, 5) is 16.2. The van der Waals surface area contributed by atoms with Crippen LogP contribution in [0.15, 0.2) is 89.8 Å². The number of thioether (sulfide) groups is 1. The normalized spacial score (nSPS) is 14.7. The molecule has 1 heterocycles. The smallest absolute Gasteiger partial charge is 0.253 e. The molecule has 0 aromatic heterocycles. The number of hydrogen-bond acceptors (Lipinski definition) is 2. The fourth-order valence-electron chi connectivity index (χ4n) is 3.90. The molecule has 29 heavy (non-hydrogen) atoms. The van der Waals surface area contributed by atoms with Gasteiger partial charge in [-0.1, -0.05) is 60.7 Å². The van der Waals surface area contributed by atoms with Gasteiger partial charge in [-0.25, -0.2) is 0 Å². The maximum absolute atomic E-state index is 12.9. The fourth-order valence-corrected chi connectivity index (χ4v) is 4.77. The molecule has 3 heteroatoms. The Morgan fingerprint density at radius 2 is 1.41 bits per heavy atom. The molecule has 3 aromatic carbocycles. The Morgan fingerprint density at radius 3 is 2.07 bits per heavy atom. The van der Waals surface area contributed by atoms with Gasteiger partial charge in [0.15, 0.2) is 0 Å². The first-order valence-corrected chi connectivity index (χ1v) is 11.4. The highest BCUT2D eigenvalue weighted by molar-refractivity contribution is 7.98. The van der Waals surface area contributed by atoms with Gasteiger partial charge in [0, 0.05) is 29.3 Å². The summed E-state index contributed by atoms with van der Waals surface area (Å²) in [6, 6.07) is 29.3. The van der Waals surface area contributed by atoms with Crippen molar-refractivity contribution in [3.05, 3.63) is 102 Å². The van der Waals surface area contributed by atoms with Gasteiger partial charge in [-0.05, 0) is 60.6 Å². The maximum atomic E-state index is 12.9.